The van der Waals surface area contributed by atoms with E-state index in [1.165, 1.54) is 0 Å². The van der Waals surface area contributed by atoms with Crippen LogP contribution in [0.1, 0.15) is 39.5 Å². The Labute approximate surface area is 95.4 Å². The maximum absolute atomic E-state index is 11.5. The zero-order valence-electron chi connectivity index (χ0n) is 9.81. The molecule has 0 radical (unpaired) electrons. The average Bonchev–Trinajstić information content (AvgIpc) is 2.25. The summed E-state index contributed by atoms with van der Waals surface area (Å²) in [6, 6.07) is 0. The minimum atomic E-state index is -1.33. The van der Waals surface area contributed by atoms with E-state index in [1.807, 2.05) is 13.8 Å². The summed E-state index contributed by atoms with van der Waals surface area (Å²) in [6.45, 7) is 3.03. The van der Waals surface area contributed by atoms with Crippen molar-refractivity contribution in [3.8, 4) is 0 Å². The van der Waals surface area contributed by atoms with Gasteiger partial charge in [-0.15, -0.1) is 0 Å². The van der Waals surface area contributed by atoms with Crippen molar-refractivity contribution < 1.29 is 24.5 Å². The maximum Gasteiger partial charge on any atom is 0.306 e. The fourth-order valence-electron chi connectivity index (χ4n) is 1.25. The minimum absolute atomic E-state index is 0.202. The molecule has 0 aliphatic carbocycles. The number of esters is 1. The molecule has 0 spiro atoms. The maximum atomic E-state index is 11.5. The summed E-state index contributed by atoms with van der Waals surface area (Å²) in [6.07, 6.45) is -0.916. The molecule has 0 bridgehead atoms. The van der Waals surface area contributed by atoms with E-state index in [0.29, 0.717) is 12.8 Å². The van der Waals surface area contributed by atoms with Gasteiger partial charge in [0.15, 0.2) is 11.9 Å². The van der Waals surface area contributed by atoms with Crippen LogP contribution in [0, 0.1) is 0 Å². The predicted octanol–water partition coefficient (Wildman–Crippen LogP) is 0.421. The van der Waals surface area contributed by atoms with Crippen molar-refractivity contribution in [1.29, 1.82) is 0 Å². The number of ketones is 1. The summed E-state index contributed by atoms with van der Waals surface area (Å²) in [5.41, 5.74) is 0. The monoisotopic (exact) mass is 232 g/mol. The molecular weight excluding hydrogens is 212 g/mol. The van der Waals surface area contributed by atoms with Crippen molar-refractivity contribution in [3.05, 3.63) is 0 Å². The summed E-state index contributed by atoms with van der Waals surface area (Å²) in [4.78, 5) is 22.8. The van der Waals surface area contributed by atoms with Crippen LogP contribution in [0.4, 0.5) is 0 Å². The van der Waals surface area contributed by atoms with Crippen molar-refractivity contribution in [3.63, 3.8) is 0 Å². The van der Waals surface area contributed by atoms with Gasteiger partial charge in [0, 0.05) is 12.8 Å². The lowest BCUT2D eigenvalue weighted by atomic mass is 10.1. The molecule has 5 nitrogen and oxygen atoms in total. The molecule has 0 saturated heterocycles. The molecule has 0 aromatic carbocycles. The van der Waals surface area contributed by atoms with Crippen LogP contribution in [-0.2, 0) is 14.3 Å². The molecule has 5 heteroatoms. The van der Waals surface area contributed by atoms with Crippen LogP contribution in [0.3, 0.4) is 0 Å². The first-order chi connectivity index (χ1) is 7.56. The molecule has 94 valence electrons. The molecule has 2 unspecified atom stereocenters. The number of rotatable bonds is 8. The molecule has 0 amide bonds. The lowest BCUT2D eigenvalue weighted by Gasteiger charge is -2.20. The van der Waals surface area contributed by atoms with E-state index in [4.69, 9.17) is 9.84 Å². The van der Waals surface area contributed by atoms with Gasteiger partial charge in [0.2, 0.25) is 0 Å². The first kappa shape index (κ1) is 15.1. The summed E-state index contributed by atoms with van der Waals surface area (Å²) in [5.74, 6) is -0.877. The standard InChI is InChI=1S/C11H20O5/c1-3-5-8(13)11(9(14)7-12)16-10(15)6-4-2/h9,11-12,14H,3-7H2,1-2H3. The van der Waals surface area contributed by atoms with Crippen molar-refractivity contribution in [2.75, 3.05) is 6.61 Å². The lowest BCUT2D eigenvalue weighted by molar-refractivity contribution is -0.163. The SMILES string of the molecule is CCCC(=O)OC(C(=O)CCC)C(O)CO. The van der Waals surface area contributed by atoms with E-state index in [9.17, 15) is 14.7 Å². The highest BCUT2D eigenvalue weighted by Gasteiger charge is 2.28. The van der Waals surface area contributed by atoms with Gasteiger partial charge in [0.05, 0.1) is 6.61 Å². The van der Waals surface area contributed by atoms with Crippen molar-refractivity contribution in [2.24, 2.45) is 0 Å². The van der Waals surface area contributed by atoms with E-state index < -0.39 is 24.8 Å². The second-order valence-corrected chi connectivity index (χ2v) is 3.63. The van der Waals surface area contributed by atoms with Gasteiger partial charge in [-0.25, -0.2) is 0 Å². The first-order valence-corrected chi connectivity index (χ1v) is 5.57. The topological polar surface area (TPSA) is 83.8 Å². The fourth-order valence-corrected chi connectivity index (χ4v) is 1.25. The number of carbonyl (C=O) groups excluding carboxylic acids is 2. The van der Waals surface area contributed by atoms with Gasteiger partial charge in [0.1, 0.15) is 6.10 Å². The molecule has 0 fully saturated rings. The van der Waals surface area contributed by atoms with E-state index in [0.717, 1.165) is 0 Å². The molecule has 2 atom stereocenters. The van der Waals surface area contributed by atoms with E-state index in [1.54, 1.807) is 0 Å². The average molecular weight is 232 g/mol. The van der Waals surface area contributed by atoms with Crippen LogP contribution in [0.15, 0.2) is 0 Å². The highest BCUT2D eigenvalue weighted by Crippen LogP contribution is 2.08. The second-order valence-electron chi connectivity index (χ2n) is 3.63. The van der Waals surface area contributed by atoms with Crippen LogP contribution in [0.5, 0.6) is 0 Å². The second kappa shape index (κ2) is 8.24. The highest BCUT2D eigenvalue weighted by atomic mass is 16.6. The lowest BCUT2D eigenvalue weighted by Crippen LogP contribution is -2.40. The number of aliphatic hydroxyl groups excluding tert-OH is 2. The Kier molecular flexibility index (Phi) is 7.76. The predicted molar refractivity (Wildman–Crippen MR) is 57.8 cm³/mol. The number of Topliss-reactive ketones (excluding diaryl/α,β-unsaturated/α-hetero) is 1. The Hall–Kier alpha value is -0.940. The molecule has 0 aliphatic rings. The number of aliphatic hydroxyl groups is 2. The Balaban J connectivity index is 4.42. The summed E-state index contributed by atoms with van der Waals surface area (Å²) < 4.78 is 4.86. The van der Waals surface area contributed by atoms with Gasteiger partial charge >= 0.3 is 5.97 Å². The molecule has 0 aliphatic heterocycles. The van der Waals surface area contributed by atoms with Crippen LogP contribution in [0.2, 0.25) is 0 Å². The number of ether oxygens (including phenoxy) is 1. The molecule has 0 rings (SSSR count). The van der Waals surface area contributed by atoms with Gasteiger partial charge in [-0.05, 0) is 12.8 Å². The van der Waals surface area contributed by atoms with Gasteiger partial charge in [-0.2, -0.15) is 0 Å². The van der Waals surface area contributed by atoms with Gasteiger partial charge < -0.3 is 14.9 Å². The van der Waals surface area contributed by atoms with Crippen molar-refractivity contribution in [1.82, 2.24) is 0 Å². The third-order valence-corrected chi connectivity index (χ3v) is 2.06. The summed E-state index contributed by atoms with van der Waals surface area (Å²) in [5, 5.41) is 18.2. The highest BCUT2D eigenvalue weighted by molar-refractivity contribution is 5.86. The summed E-state index contributed by atoms with van der Waals surface area (Å²) in [7, 11) is 0. The normalized spacial score (nSPS) is 14.2. The van der Waals surface area contributed by atoms with Gasteiger partial charge in [-0.1, -0.05) is 13.8 Å². The Morgan fingerprint density at radius 3 is 2.19 bits per heavy atom. The fraction of sp³-hybridized carbons (Fsp3) is 0.818. The first-order valence-electron chi connectivity index (χ1n) is 5.57. The molecule has 0 aromatic heterocycles. The van der Waals surface area contributed by atoms with Crippen LogP contribution in [-0.4, -0.2) is 40.8 Å². The molecule has 0 heterocycles. The summed E-state index contributed by atoms with van der Waals surface area (Å²) >= 11 is 0. The quantitative estimate of drug-likeness (QED) is 0.592. The van der Waals surface area contributed by atoms with Crippen LogP contribution in [0.25, 0.3) is 0 Å². The van der Waals surface area contributed by atoms with Gasteiger partial charge in [-0.3, -0.25) is 9.59 Å². The number of hydrogen-bond acceptors (Lipinski definition) is 5. The van der Waals surface area contributed by atoms with E-state index in [2.05, 4.69) is 0 Å². The molecule has 0 saturated carbocycles. The van der Waals surface area contributed by atoms with E-state index in [-0.39, 0.29) is 18.6 Å². The Morgan fingerprint density at radius 1 is 1.19 bits per heavy atom. The van der Waals surface area contributed by atoms with Crippen LogP contribution >= 0.6 is 0 Å². The number of hydrogen-bond donors (Lipinski definition) is 2. The number of carbonyl (C=O) groups is 2. The Bertz CT molecular complexity index is 226. The zero-order valence-corrected chi connectivity index (χ0v) is 9.81. The van der Waals surface area contributed by atoms with E-state index >= 15 is 0 Å². The molecule has 2 N–H and O–H groups in total. The minimum Gasteiger partial charge on any atom is -0.451 e. The molecule has 16 heavy (non-hydrogen) atoms. The molecular formula is C11H20O5. The van der Waals surface area contributed by atoms with Crippen molar-refractivity contribution >= 4 is 11.8 Å². The van der Waals surface area contributed by atoms with Crippen LogP contribution < -0.4 is 0 Å². The largest absolute Gasteiger partial charge is 0.451 e. The Morgan fingerprint density at radius 2 is 1.75 bits per heavy atom. The smallest absolute Gasteiger partial charge is 0.306 e. The van der Waals surface area contributed by atoms with Gasteiger partial charge in [0.25, 0.3) is 0 Å². The molecule has 0 aromatic rings. The van der Waals surface area contributed by atoms with Crippen molar-refractivity contribution in [2.45, 2.75) is 51.7 Å². The third-order valence-electron chi connectivity index (χ3n) is 2.06. The third kappa shape index (κ3) is 5.23. The zero-order chi connectivity index (χ0) is 12.6.